The zero-order valence-corrected chi connectivity index (χ0v) is 19.1. The Labute approximate surface area is 188 Å². The van der Waals surface area contributed by atoms with Crippen LogP contribution in [0.25, 0.3) is 11.0 Å². The molecule has 0 unspecified atom stereocenters. The van der Waals surface area contributed by atoms with Gasteiger partial charge in [0.2, 0.25) is 0 Å². The number of carbonyl (C=O) groups excluding carboxylic acids is 1. The van der Waals surface area contributed by atoms with Gasteiger partial charge < -0.3 is 20.0 Å². The van der Waals surface area contributed by atoms with Crippen LogP contribution < -0.4 is 10.6 Å². The minimum Gasteiger partial charge on any atom is -0.450 e. The van der Waals surface area contributed by atoms with Crippen LogP contribution in [0.4, 0.5) is 5.69 Å². The largest absolute Gasteiger partial charge is 0.450 e. The summed E-state index contributed by atoms with van der Waals surface area (Å²) in [6, 6.07) is 4.26. The summed E-state index contributed by atoms with van der Waals surface area (Å²) >= 11 is 6.70. The second-order valence-electron chi connectivity index (χ2n) is 9.43. The van der Waals surface area contributed by atoms with E-state index in [1.807, 2.05) is 17.0 Å². The van der Waals surface area contributed by atoms with Gasteiger partial charge in [0.1, 0.15) is 5.58 Å². The number of rotatable bonds is 2. The number of hydrogen-bond acceptors (Lipinski definition) is 5. The predicted octanol–water partition coefficient (Wildman–Crippen LogP) is 4.90. The van der Waals surface area contributed by atoms with E-state index in [2.05, 4.69) is 36.0 Å². The van der Waals surface area contributed by atoms with E-state index in [-0.39, 0.29) is 11.4 Å². The Morgan fingerprint density at radius 3 is 2.55 bits per heavy atom. The van der Waals surface area contributed by atoms with Gasteiger partial charge >= 0.3 is 0 Å². The van der Waals surface area contributed by atoms with E-state index >= 15 is 0 Å². The summed E-state index contributed by atoms with van der Waals surface area (Å²) in [5.74, 6) is 1.12. The van der Waals surface area contributed by atoms with Gasteiger partial charge in [0.15, 0.2) is 5.76 Å². The lowest BCUT2D eigenvalue weighted by molar-refractivity contribution is 0.0568. The lowest BCUT2D eigenvalue weighted by atomic mass is 9.74. The van der Waals surface area contributed by atoms with Crippen molar-refractivity contribution in [3.63, 3.8) is 0 Å². The third-order valence-electron chi connectivity index (χ3n) is 7.15. The lowest BCUT2D eigenvalue weighted by Crippen LogP contribution is -2.50. The Morgan fingerprint density at radius 2 is 1.87 bits per heavy atom. The van der Waals surface area contributed by atoms with E-state index < -0.39 is 0 Å². The van der Waals surface area contributed by atoms with Crippen LogP contribution in [0.2, 0.25) is 5.02 Å². The lowest BCUT2D eigenvalue weighted by Gasteiger charge is -2.44. The molecule has 3 aliphatic rings. The number of hydrogen-bond donors (Lipinski definition) is 2. The summed E-state index contributed by atoms with van der Waals surface area (Å²) < 4.78 is 6.30. The van der Waals surface area contributed by atoms with Gasteiger partial charge in [0.05, 0.1) is 22.1 Å². The molecule has 2 aliphatic heterocycles. The minimum absolute atomic E-state index is 0.0386. The Bertz CT molecular complexity index is 1030. The normalized spacial score (nSPS) is 21.3. The second kappa shape index (κ2) is 7.75. The van der Waals surface area contributed by atoms with Crippen molar-refractivity contribution in [2.24, 2.45) is 0 Å². The SMILES string of the molecule is C=C1Nc2c(Cl)cc3cc(C(=O)N4CCN(C(C)C)CC4)oc3c2C2(CCCCC2)N1. The third-order valence-corrected chi connectivity index (χ3v) is 7.45. The fourth-order valence-corrected chi connectivity index (χ4v) is 5.75. The van der Waals surface area contributed by atoms with E-state index in [1.165, 1.54) is 6.42 Å². The maximum atomic E-state index is 13.3. The summed E-state index contributed by atoms with van der Waals surface area (Å²) in [6.07, 6.45) is 5.50. The molecule has 2 aromatic rings. The van der Waals surface area contributed by atoms with Gasteiger partial charge in [-0.15, -0.1) is 0 Å². The van der Waals surface area contributed by atoms with Gasteiger partial charge in [-0.1, -0.05) is 37.4 Å². The molecule has 2 fully saturated rings. The molecule has 2 N–H and O–H groups in total. The number of carbonyl (C=O) groups is 1. The number of piperazine rings is 1. The molecule has 166 valence electrons. The average molecular weight is 443 g/mol. The third kappa shape index (κ3) is 3.50. The number of fused-ring (bicyclic) bond motifs is 4. The Hall–Kier alpha value is -2.18. The highest BCUT2D eigenvalue weighted by atomic mass is 35.5. The van der Waals surface area contributed by atoms with Crippen LogP contribution in [0.15, 0.2) is 28.9 Å². The highest BCUT2D eigenvalue weighted by Crippen LogP contribution is 2.49. The molecule has 1 aliphatic carbocycles. The fraction of sp³-hybridized carbons (Fsp3) is 0.542. The molecule has 1 spiro atoms. The van der Waals surface area contributed by atoms with Gasteiger partial charge in [-0.25, -0.2) is 0 Å². The zero-order chi connectivity index (χ0) is 21.8. The van der Waals surface area contributed by atoms with E-state index in [0.29, 0.717) is 16.8 Å². The van der Waals surface area contributed by atoms with Crippen LogP contribution in [0.3, 0.4) is 0 Å². The molecule has 31 heavy (non-hydrogen) atoms. The summed E-state index contributed by atoms with van der Waals surface area (Å²) in [6.45, 7) is 11.7. The van der Waals surface area contributed by atoms with Crippen molar-refractivity contribution >= 4 is 34.2 Å². The Morgan fingerprint density at radius 1 is 1.16 bits per heavy atom. The number of benzene rings is 1. The van der Waals surface area contributed by atoms with E-state index in [0.717, 1.165) is 79.9 Å². The molecule has 1 amide bonds. The maximum Gasteiger partial charge on any atom is 0.289 e. The molecule has 5 rings (SSSR count). The average Bonchev–Trinajstić information content (AvgIpc) is 3.17. The van der Waals surface area contributed by atoms with E-state index in [1.54, 1.807) is 0 Å². The molecule has 0 atom stereocenters. The second-order valence-corrected chi connectivity index (χ2v) is 9.84. The number of anilines is 1. The van der Waals surface area contributed by atoms with Crippen molar-refractivity contribution < 1.29 is 9.21 Å². The van der Waals surface area contributed by atoms with Gasteiger partial charge in [0.25, 0.3) is 5.91 Å². The quantitative estimate of drug-likeness (QED) is 0.692. The van der Waals surface area contributed by atoms with Crippen LogP contribution in [0, 0.1) is 0 Å². The Balaban J connectivity index is 1.53. The monoisotopic (exact) mass is 442 g/mol. The van der Waals surface area contributed by atoms with Crippen LogP contribution >= 0.6 is 11.6 Å². The molecule has 1 saturated carbocycles. The van der Waals surface area contributed by atoms with Crippen LogP contribution in [0.5, 0.6) is 0 Å². The highest BCUT2D eigenvalue weighted by Gasteiger charge is 2.42. The molecule has 3 heterocycles. The number of furan rings is 1. The standard InChI is InChI=1S/C24H31ClN4O2/c1-15(2)28-9-11-29(12-10-28)23(30)19-14-17-13-18(25)21-20(22(17)31-19)24(27-16(3)26-21)7-5-4-6-8-24/h13-15,26-27H,3-12H2,1-2H3. The first-order valence-electron chi connectivity index (χ1n) is 11.4. The van der Waals surface area contributed by atoms with Crippen LogP contribution in [-0.4, -0.2) is 47.9 Å². The highest BCUT2D eigenvalue weighted by molar-refractivity contribution is 6.34. The summed E-state index contributed by atoms with van der Waals surface area (Å²) in [5, 5.41) is 8.43. The van der Waals surface area contributed by atoms with Gasteiger partial charge in [-0.05, 0) is 38.8 Å². The number of halogens is 1. The van der Waals surface area contributed by atoms with Crippen molar-refractivity contribution in [1.82, 2.24) is 15.1 Å². The molecule has 1 aromatic carbocycles. The topological polar surface area (TPSA) is 60.8 Å². The van der Waals surface area contributed by atoms with Crippen molar-refractivity contribution in [3.05, 3.63) is 40.9 Å². The van der Waals surface area contributed by atoms with Crippen molar-refractivity contribution in [3.8, 4) is 0 Å². The summed E-state index contributed by atoms with van der Waals surface area (Å²) in [4.78, 5) is 17.6. The van der Waals surface area contributed by atoms with E-state index in [9.17, 15) is 4.79 Å². The fourth-order valence-electron chi connectivity index (χ4n) is 5.49. The first-order valence-corrected chi connectivity index (χ1v) is 11.8. The maximum absolute atomic E-state index is 13.3. The zero-order valence-electron chi connectivity index (χ0n) is 18.4. The summed E-state index contributed by atoms with van der Waals surface area (Å²) in [7, 11) is 0. The van der Waals surface area contributed by atoms with Crippen LogP contribution in [0.1, 0.15) is 62.1 Å². The molecule has 0 radical (unpaired) electrons. The molecular weight excluding hydrogens is 412 g/mol. The first kappa shape index (κ1) is 20.7. The van der Waals surface area contributed by atoms with Crippen molar-refractivity contribution in [2.45, 2.75) is 57.5 Å². The Kier molecular flexibility index (Phi) is 5.18. The van der Waals surface area contributed by atoms with Gasteiger partial charge in [0, 0.05) is 43.2 Å². The molecule has 7 heteroatoms. The number of amides is 1. The molecule has 0 bridgehead atoms. The van der Waals surface area contributed by atoms with Gasteiger partial charge in [-0.3, -0.25) is 9.69 Å². The molecule has 1 aromatic heterocycles. The smallest absolute Gasteiger partial charge is 0.289 e. The van der Waals surface area contributed by atoms with Crippen molar-refractivity contribution in [2.75, 3.05) is 31.5 Å². The summed E-state index contributed by atoms with van der Waals surface area (Å²) in [5.41, 5.74) is 2.42. The molecular formula is C24H31ClN4O2. The predicted molar refractivity (Wildman–Crippen MR) is 124 cm³/mol. The first-order chi connectivity index (χ1) is 14.9. The van der Waals surface area contributed by atoms with Crippen molar-refractivity contribution in [1.29, 1.82) is 0 Å². The number of nitrogens with zero attached hydrogens (tertiary/aromatic N) is 2. The van der Waals surface area contributed by atoms with Gasteiger partial charge in [-0.2, -0.15) is 0 Å². The minimum atomic E-state index is -0.250. The molecule has 6 nitrogen and oxygen atoms in total. The van der Waals surface area contributed by atoms with Crippen LogP contribution in [-0.2, 0) is 5.54 Å². The van der Waals surface area contributed by atoms with E-state index in [4.69, 9.17) is 16.0 Å². The number of nitrogens with one attached hydrogen (secondary N) is 2. The molecule has 1 saturated heterocycles.